The van der Waals surface area contributed by atoms with Crippen molar-refractivity contribution in [3.8, 4) is 0 Å². The molecule has 0 bridgehead atoms. The number of hydrogen-bond donors (Lipinski definition) is 2. The van der Waals surface area contributed by atoms with Crippen molar-refractivity contribution in [1.82, 2.24) is 10.6 Å². The minimum atomic E-state index is -0.0599. The number of hydrogen-bond acceptors (Lipinski definition) is 4. The van der Waals surface area contributed by atoms with Crippen LogP contribution < -0.4 is 10.6 Å². The van der Waals surface area contributed by atoms with E-state index in [1.54, 1.807) is 14.2 Å². The van der Waals surface area contributed by atoms with Crippen LogP contribution in [0.5, 0.6) is 0 Å². The number of amides is 1. The largest absolute Gasteiger partial charge is 0.382 e. The molecule has 0 aromatic heterocycles. The van der Waals surface area contributed by atoms with Crippen molar-refractivity contribution in [2.75, 3.05) is 40.5 Å². The van der Waals surface area contributed by atoms with Crippen molar-refractivity contribution in [3.63, 3.8) is 0 Å². The Labute approximate surface area is 110 Å². The van der Waals surface area contributed by atoms with E-state index in [-0.39, 0.29) is 12.0 Å². The lowest BCUT2D eigenvalue weighted by Gasteiger charge is -2.22. The molecule has 18 heavy (non-hydrogen) atoms. The first-order chi connectivity index (χ1) is 8.76. The number of carbonyl (C=O) groups excluding carboxylic acids is 1. The lowest BCUT2D eigenvalue weighted by Crippen LogP contribution is -2.36. The smallest absolute Gasteiger partial charge is 0.220 e. The zero-order valence-electron chi connectivity index (χ0n) is 11.5. The van der Waals surface area contributed by atoms with Crippen molar-refractivity contribution < 1.29 is 14.3 Å². The Morgan fingerprint density at radius 3 is 2.94 bits per heavy atom. The van der Waals surface area contributed by atoms with Crippen molar-refractivity contribution in [1.29, 1.82) is 0 Å². The Morgan fingerprint density at radius 2 is 2.33 bits per heavy atom. The van der Waals surface area contributed by atoms with Gasteiger partial charge in [-0.15, -0.1) is 0 Å². The molecule has 0 radical (unpaired) electrons. The molecular weight excluding hydrogens is 232 g/mol. The lowest BCUT2D eigenvalue weighted by molar-refractivity contribution is -0.122. The average Bonchev–Trinajstić information content (AvgIpc) is 2.42. The maximum atomic E-state index is 11.7. The molecule has 2 N–H and O–H groups in total. The summed E-state index contributed by atoms with van der Waals surface area (Å²) in [5, 5.41) is 6.26. The van der Waals surface area contributed by atoms with Gasteiger partial charge in [0.05, 0.1) is 12.7 Å². The molecule has 1 saturated heterocycles. The van der Waals surface area contributed by atoms with E-state index < -0.39 is 0 Å². The summed E-state index contributed by atoms with van der Waals surface area (Å²) in [5.41, 5.74) is 0. The molecule has 1 rings (SSSR count). The van der Waals surface area contributed by atoms with Gasteiger partial charge in [-0.25, -0.2) is 0 Å². The third kappa shape index (κ3) is 6.33. The van der Waals surface area contributed by atoms with Crippen LogP contribution in [-0.4, -0.2) is 52.5 Å². The SMILES string of the molecule is COCC(CNC(=O)CCC1CCCNC1)OC. The molecule has 0 saturated carbocycles. The highest BCUT2D eigenvalue weighted by atomic mass is 16.5. The molecule has 106 valence electrons. The van der Waals surface area contributed by atoms with Crippen molar-refractivity contribution >= 4 is 5.91 Å². The van der Waals surface area contributed by atoms with Crippen molar-refractivity contribution in [2.24, 2.45) is 5.92 Å². The first kappa shape index (κ1) is 15.4. The quantitative estimate of drug-likeness (QED) is 0.667. The fourth-order valence-electron chi connectivity index (χ4n) is 2.22. The number of methoxy groups -OCH3 is 2. The molecule has 0 spiro atoms. The van der Waals surface area contributed by atoms with Gasteiger partial charge in [0.2, 0.25) is 5.91 Å². The van der Waals surface area contributed by atoms with Crippen LogP contribution in [0.15, 0.2) is 0 Å². The van der Waals surface area contributed by atoms with E-state index in [2.05, 4.69) is 10.6 Å². The Kier molecular flexibility index (Phi) is 7.96. The molecule has 1 aliphatic heterocycles. The van der Waals surface area contributed by atoms with Crippen LogP contribution in [0.25, 0.3) is 0 Å². The normalized spacial score (nSPS) is 21.6. The third-order valence-corrected chi connectivity index (χ3v) is 3.39. The molecular formula is C13H26N2O3. The summed E-state index contributed by atoms with van der Waals surface area (Å²) >= 11 is 0. The highest BCUT2D eigenvalue weighted by molar-refractivity contribution is 5.75. The number of carbonyl (C=O) groups is 1. The Bertz CT molecular complexity index is 220. The first-order valence-electron chi connectivity index (χ1n) is 6.75. The predicted octanol–water partition coefficient (Wildman–Crippen LogP) is 0.544. The summed E-state index contributed by atoms with van der Waals surface area (Å²) in [6.45, 7) is 3.20. The van der Waals surface area contributed by atoms with Crippen LogP contribution in [-0.2, 0) is 14.3 Å². The maximum Gasteiger partial charge on any atom is 0.220 e. The summed E-state index contributed by atoms with van der Waals surface area (Å²) in [5.74, 6) is 0.764. The van der Waals surface area contributed by atoms with Gasteiger partial charge >= 0.3 is 0 Å². The summed E-state index contributed by atoms with van der Waals surface area (Å²) in [6, 6.07) is 0. The topological polar surface area (TPSA) is 59.6 Å². The van der Waals surface area contributed by atoms with E-state index >= 15 is 0 Å². The second-order valence-corrected chi connectivity index (χ2v) is 4.87. The van der Waals surface area contributed by atoms with Gasteiger partial charge in [0.15, 0.2) is 0 Å². The molecule has 2 atom stereocenters. The summed E-state index contributed by atoms with van der Waals surface area (Å²) in [6.07, 6.45) is 3.99. The van der Waals surface area contributed by atoms with E-state index in [4.69, 9.17) is 9.47 Å². The van der Waals surface area contributed by atoms with Crippen LogP contribution in [0, 0.1) is 5.92 Å². The van der Waals surface area contributed by atoms with Gasteiger partial charge in [-0.1, -0.05) is 0 Å². The Balaban J connectivity index is 2.08. The van der Waals surface area contributed by atoms with Crippen LogP contribution in [0.1, 0.15) is 25.7 Å². The molecule has 2 unspecified atom stereocenters. The zero-order valence-corrected chi connectivity index (χ0v) is 11.5. The highest BCUT2D eigenvalue weighted by Gasteiger charge is 2.15. The number of ether oxygens (including phenoxy) is 2. The molecule has 1 heterocycles. The minimum Gasteiger partial charge on any atom is -0.382 e. The summed E-state index contributed by atoms with van der Waals surface area (Å²) < 4.78 is 10.2. The number of piperidine rings is 1. The molecule has 0 aromatic carbocycles. The van der Waals surface area contributed by atoms with Crippen LogP contribution >= 0.6 is 0 Å². The van der Waals surface area contributed by atoms with Gasteiger partial charge < -0.3 is 20.1 Å². The van der Waals surface area contributed by atoms with E-state index in [1.165, 1.54) is 12.8 Å². The van der Waals surface area contributed by atoms with E-state index in [1.807, 2.05) is 0 Å². The third-order valence-electron chi connectivity index (χ3n) is 3.39. The standard InChI is InChI=1S/C13H26N2O3/c1-17-10-12(18-2)9-15-13(16)6-5-11-4-3-7-14-8-11/h11-12,14H,3-10H2,1-2H3,(H,15,16). The van der Waals surface area contributed by atoms with Crippen molar-refractivity contribution in [2.45, 2.75) is 31.8 Å². The summed E-state index contributed by atoms with van der Waals surface area (Å²) in [4.78, 5) is 11.7. The van der Waals surface area contributed by atoms with Gasteiger partial charge in [-0.3, -0.25) is 4.79 Å². The van der Waals surface area contributed by atoms with Gasteiger partial charge in [0.25, 0.3) is 0 Å². The van der Waals surface area contributed by atoms with Crippen LogP contribution in [0.3, 0.4) is 0 Å². The van der Waals surface area contributed by atoms with E-state index in [0.29, 0.717) is 25.5 Å². The Hall–Kier alpha value is -0.650. The molecule has 1 amide bonds. The highest BCUT2D eigenvalue weighted by Crippen LogP contribution is 2.15. The fraction of sp³-hybridized carbons (Fsp3) is 0.923. The monoisotopic (exact) mass is 258 g/mol. The van der Waals surface area contributed by atoms with Gasteiger partial charge in [0, 0.05) is 27.2 Å². The lowest BCUT2D eigenvalue weighted by atomic mass is 9.94. The van der Waals surface area contributed by atoms with E-state index in [9.17, 15) is 4.79 Å². The van der Waals surface area contributed by atoms with Gasteiger partial charge in [0.1, 0.15) is 0 Å². The second kappa shape index (κ2) is 9.30. The molecule has 5 nitrogen and oxygen atoms in total. The molecule has 0 aliphatic carbocycles. The molecule has 1 aliphatic rings. The predicted molar refractivity (Wildman–Crippen MR) is 70.5 cm³/mol. The first-order valence-corrected chi connectivity index (χ1v) is 6.75. The van der Waals surface area contributed by atoms with Crippen LogP contribution in [0.2, 0.25) is 0 Å². The van der Waals surface area contributed by atoms with E-state index in [0.717, 1.165) is 19.5 Å². The second-order valence-electron chi connectivity index (χ2n) is 4.87. The number of nitrogens with one attached hydrogen (secondary N) is 2. The molecule has 0 aromatic rings. The average molecular weight is 258 g/mol. The Morgan fingerprint density at radius 1 is 1.50 bits per heavy atom. The maximum absolute atomic E-state index is 11.7. The summed E-state index contributed by atoms with van der Waals surface area (Å²) in [7, 11) is 3.26. The van der Waals surface area contributed by atoms with Crippen molar-refractivity contribution in [3.05, 3.63) is 0 Å². The van der Waals surface area contributed by atoms with Gasteiger partial charge in [-0.2, -0.15) is 0 Å². The van der Waals surface area contributed by atoms with Crippen LogP contribution in [0.4, 0.5) is 0 Å². The molecule has 1 fully saturated rings. The minimum absolute atomic E-state index is 0.0599. The fourth-order valence-corrected chi connectivity index (χ4v) is 2.22. The molecule has 5 heteroatoms. The van der Waals surface area contributed by atoms with Gasteiger partial charge in [-0.05, 0) is 38.3 Å². The number of rotatable bonds is 8. The zero-order chi connectivity index (χ0) is 13.2.